The SMILES string of the molecule is O=C(Oc1ccccc1)c1ccnc(=O)[nH]1. The number of benzene rings is 1. The van der Waals surface area contributed by atoms with Crippen molar-refractivity contribution < 1.29 is 9.53 Å². The number of aromatic amines is 1. The van der Waals surface area contributed by atoms with E-state index in [0.717, 1.165) is 0 Å². The number of ether oxygens (including phenoxy) is 1. The second-order valence-corrected chi connectivity index (χ2v) is 2.99. The van der Waals surface area contributed by atoms with Crippen molar-refractivity contribution in [1.29, 1.82) is 0 Å². The third-order valence-corrected chi connectivity index (χ3v) is 1.85. The zero-order valence-corrected chi connectivity index (χ0v) is 8.21. The van der Waals surface area contributed by atoms with Crippen LogP contribution in [0.1, 0.15) is 10.5 Å². The molecular weight excluding hydrogens is 208 g/mol. The highest BCUT2D eigenvalue weighted by atomic mass is 16.5. The van der Waals surface area contributed by atoms with Gasteiger partial charge in [-0.1, -0.05) is 18.2 Å². The number of nitrogens with zero attached hydrogens (tertiary/aromatic N) is 1. The molecule has 16 heavy (non-hydrogen) atoms. The topological polar surface area (TPSA) is 72.0 Å². The van der Waals surface area contributed by atoms with Crippen LogP contribution in [0.15, 0.2) is 47.4 Å². The zero-order valence-electron chi connectivity index (χ0n) is 8.21. The number of rotatable bonds is 2. The molecule has 0 aliphatic rings. The molecule has 0 spiro atoms. The Morgan fingerprint density at radius 2 is 1.94 bits per heavy atom. The van der Waals surface area contributed by atoms with Crippen LogP contribution in [0, 0.1) is 0 Å². The summed E-state index contributed by atoms with van der Waals surface area (Å²) in [5, 5.41) is 0. The third-order valence-electron chi connectivity index (χ3n) is 1.85. The number of carbonyl (C=O) groups excluding carboxylic acids is 1. The van der Waals surface area contributed by atoms with E-state index in [1.54, 1.807) is 24.3 Å². The first kappa shape index (κ1) is 10.1. The van der Waals surface area contributed by atoms with Crippen molar-refractivity contribution in [2.45, 2.75) is 0 Å². The summed E-state index contributed by atoms with van der Waals surface area (Å²) in [7, 11) is 0. The fourth-order valence-corrected chi connectivity index (χ4v) is 1.14. The molecule has 5 heteroatoms. The molecular formula is C11H8N2O3. The minimum absolute atomic E-state index is 0.0730. The molecule has 1 heterocycles. The van der Waals surface area contributed by atoms with E-state index in [2.05, 4.69) is 9.97 Å². The average Bonchev–Trinajstić information content (AvgIpc) is 2.30. The summed E-state index contributed by atoms with van der Waals surface area (Å²) in [6, 6.07) is 9.99. The predicted octanol–water partition coefficient (Wildman–Crippen LogP) is 0.989. The van der Waals surface area contributed by atoms with Crippen LogP contribution in [0.3, 0.4) is 0 Å². The Morgan fingerprint density at radius 3 is 2.62 bits per heavy atom. The van der Waals surface area contributed by atoms with Crippen molar-refractivity contribution in [2.24, 2.45) is 0 Å². The summed E-state index contributed by atoms with van der Waals surface area (Å²) in [5.74, 6) is -0.198. The molecule has 0 aliphatic carbocycles. The minimum atomic E-state index is -0.620. The van der Waals surface area contributed by atoms with E-state index in [0.29, 0.717) is 5.75 Å². The maximum absolute atomic E-state index is 11.5. The number of para-hydroxylation sites is 1. The van der Waals surface area contributed by atoms with Gasteiger partial charge in [0.15, 0.2) is 0 Å². The maximum Gasteiger partial charge on any atom is 0.360 e. The molecule has 0 fully saturated rings. The molecule has 0 atom stereocenters. The maximum atomic E-state index is 11.5. The van der Waals surface area contributed by atoms with E-state index in [4.69, 9.17) is 4.74 Å². The summed E-state index contributed by atoms with van der Waals surface area (Å²) >= 11 is 0. The monoisotopic (exact) mass is 216 g/mol. The van der Waals surface area contributed by atoms with Crippen LogP contribution < -0.4 is 10.4 Å². The number of aromatic nitrogens is 2. The van der Waals surface area contributed by atoms with Crippen LogP contribution >= 0.6 is 0 Å². The Labute approximate surface area is 90.7 Å². The molecule has 5 nitrogen and oxygen atoms in total. The second kappa shape index (κ2) is 4.39. The van der Waals surface area contributed by atoms with Gasteiger partial charge in [0.1, 0.15) is 11.4 Å². The van der Waals surface area contributed by atoms with E-state index in [-0.39, 0.29) is 5.69 Å². The highest BCUT2D eigenvalue weighted by molar-refractivity contribution is 5.88. The summed E-state index contributed by atoms with van der Waals surface area (Å²) in [5.41, 5.74) is -0.508. The van der Waals surface area contributed by atoms with Crippen molar-refractivity contribution >= 4 is 5.97 Å². The highest BCUT2D eigenvalue weighted by Gasteiger charge is 2.08. The lowest BCUT2D eigenvalue weighted by Crippen LogP contribution is -2.18. The first-order chi connectivity index (χ1) is 7.75. The molecule has 0 bridgehead atoms. The summed E-state index contributed by atoms with van der Waals surface area (Å²) in [6.45, 7) is 0. The number of nitrogens with one attached hydrogen (secondary N) is 1. The molecule has 2 rings (SSSR count). The fraction of sp³-hybridized carbons (Fsp3) is 0. The van der Waals surface area contributed by atoms with E-state index >= 15 is 0 Å². The number of carbonyl (C=O) groups is 1. The molecule has 0 unspecified atom stereocenters. The Bertz CT molecular complexity index is 548. The molecule has 0 saturated heterocycles. The first-order valence-corrected chi connectivity index (χ1v) is 4.58. The molecule has 0 aliphatic heterocycles. The van der Waals surface area contributed by atoms with Gasteiger partial charge >= 0.3 is 11.7 Å². The molecule has 0 amide bonds. The van der Waals surface area contributed by atoms with E-state index in [9.17, 15) is 9.59 Å². The van der Waals surface area contributed by atoms with Gasteiger partial charge in [0.25, 0.3) is 0 Å². The van der Waals surface area contributed by atoms with E-state index in [1.807, 2.05) is 6.07 Å². The van der Waals surface area contributed by atoms with Crippen molar-refractivity contribution in [3.63, 3.8) is 0 Å². The molecule has 2 aromatic rings. The average molecular weight is 216 g/mol. The quantitative estimate of drug-likeness (QED) is 0.600. The van der Waals surface area contributed by atoms with Gasteiger partial charge in [-0.3, -0.25) is 4.98 Å². The van der Waals surface area contributed by atoms with Gasteiger partial charge in [-0.2, -0.15) is 0 Å². The number of hydrogen-bond donors (Lipinski definition) is 1. The third kappa shape index (κ3) is 2.33. The lowest BCUT2D eigenvalue weighted by Gasteiger charge is -2.02. The molecule has 1 aromatic heterocycles. The Kier molecular flexibility index (Phi) is 2.77. The second-order valence-electron chi connectivity index (χ2n) is 2.99. The normalized spacial score (nSPS) is 9.75. The Balaban J connectivity index is 2.18. The van der Waals surface area contributed by atoms with Gasteiger partial charge in [0.2, 0.25) is 0 Å². The molecule has 1 aromatic carbocycles. The molecule has 0 saturated carbocycles. The molecule has 0 radical (unpaired) electrons. The van der Waals surface area contributed by atoms with Crippen molar-refractivity contribution in [2.75, 3.05) is 0 Å². The van der Waals surface area contributed by atoms with Gasteiger partial charge in [-0.15, -0.1) is 0 Å². The number of H-pyrrole nitrogens is 1. The largest absolute Gasteiger partial charge is 0.422 e. The zero-order chi connectivity index (χ0) is 11.4. The lowest BCUT2D eigenvalue weighted by molar-refractivity contribution is 0.0728. The Hall–Kier alpha value is -2.43. The van der Waals surface area contributed by atoms with E-state index < -0.39 is 11.7 Å². The summed E-state index contributed by atoms with van der Waals surface area (Å²) in [6.07, 6.45) is 1.25. The Morgan fingerprint density at radius 1 is 1.19 bits per heavy atom. The van der Waals surface area contributed by atoms with Crippen molar-refractivity contribution in [3.8, 4) is 5.75 Å². The van der Waals surface area contributed by atoms with Crippen LogP contribution in [-0.2, 0) is 0 Å². The lowest BCUT2D eigenvalue weighted by atomic mass is 10.3. The number of hydrogen-bond acceptors (Lipinski definition) is 4. The number of esters is 1. The molecule has 80 valence electrons. The van der Waals surface area contributed by atoms with Gasteiger partial charge in [0, 0.05) is 6.20 Å². The van der Waals surface area contributed by atoms with Crippen LogP contribution in [0.5, 0.6) is 5.75 Å². The highest BCUT2D eigenvalue weighted by Crippen LogP contribution is 2.09. The van der Waals surface area contributed by atoms with Gasteiger partial charge in [0.05, 0.1) is 0 Å². The van der Waals surface area contributed by atoms with Crippen molar-refractivity contribution in [3.05, 3.63) is 58.8 Å². The predicted molar refractivity (Wildman–Crippen MR) is 56.3 cm³/mol. The van der Waals surface area contributed by atoms with Crippen LogP contribution in [0.25, 0.3) is 0 Å². The van der Waals surface area contributed by atoms with Gasteiger partial charge in [-0.25, -0.2) is 14.6 Å². The van der Waals surface area contributed by atoms with Crippen LogP contribution in [-0.4, -0.2) is 15.9 Å². The fourth-order valence-electron chi connectivity index (χ4n) is 1.14. The van der Waals surface area contributed by atoms with E-state index in [1.165, 1.54) is 12.3 Å². The molecule has 1 N–H and O–H groups in total. The standard InChI is InChI=1S/C11H8N2O3/c14-10(9-6-7-12-11(15)13-9)16-8-4-2-1-3-5-8/h1-7H,(H,12,13,15). The smallest absolute Gasteiger partial charge is 0.360 e. The van der Waals surface area contributed by atoms with Crippen molar-refractivity contribution in [1.82, 2.24) is 9.97 Å². The van der Waals surface area contributed by atoms with Gasteiger partial charge in [-0.05, 0) is 18.2 Å². The van der Waals surface area contributed by atoms with Gasteiger partial charge < -0.3 is 4.74 Å². The summed E-state index contributed by atoms with van der Waals surface area (Å²) in [4.78, 5) is 28.1. The minimum Gasteiger partial charge on any atom is -0.422 e. The first-order valence-electron chi connectivity index (χ1n) is 4.58. The van der Waals surface area contributed by atoms with Crippen LogP contribution in [0.4, 0.5) is 0 Å². The van der Waals surface area contributed by atoms with Crippen LogP contribution in [0.2, 0.25) is 0 Å². The summed E-state index contributed by atoms with van der Waals surface area (Å²) < 4.78 is 5.02.